The van der Waals surface area contributed by atoms with Gasteiger partial charge in [0.25, 0.3) is 0 Å². The van der Waals surface area contributed by atoms with Crippen LogP contribution in [0.15, 0.2) is 24.4 Å². The highest BCUT2D eigenvalue weighted by atomic mass is 16.1. The van der Waals surface area contributed by atoms with Gasteiger partial charge in [-0.25, -0.2) is 0 Å². The molecule has 2 aromatic rings. The zero-order chi connectivity index (χ0) is 13.2. The summed E-state index contributed by atoms with van der Waals surface area (Å²) in [5.74, 6) is 0.402. The van der Waals surface area contributed by atoms with Gasteiger partial charge in [0.05, 0.1) is 11.6 Å². The van der Waals surface area contributed by atoms with Crippen molar-refractivity contribution in [2.24, 2.45) is 5.92 Å². The lowest BCUT2D eigenvalue weighted by molar-refractivity contribution is 0.0891. The van der Waals surface area contributed by atoms with Crippen LogP contribution in [0.25, 0.3) is 10.9 Å². The number of aromatic nitrogens is 1. The minimum atomic E-state index is 0.165. The Morgan fingerprint density at radius 3 is 2.79 bits per heavy atom. The van der Waals surface area contributed by atoms with E-state index in [1.54, 1.807) is 12.3 Å². The molecule has 0 saturated heterocycles. The van der Waals surface area contributed by atoms with Crippen LogP contribution in [0, 0.1) is 17.2 Å². The first-order valence-electron chi connectivity index (χ1n) is 6.85. The SMILES string of the molecule is N#Cc1ccc2[nH]cc(C(=O)C3CCCCC3)c2c1. The van der Waals surface area contributed by atoms with Crippen molar-refractivity contribution in [3.8, 4) is 6.07 Å². The zero-order valence-corrected chi connectivity index (χ0v) is 10.8. The molecular weight excluding hydrogens is 236 g/mol. The summed E-state index contributed by atoms with van der Waals surface area (Å²) < 4.78 is 0. The van der Waals surface area contributed by atoms with Gasteiger partial charge in [-0.3, -0.25) is 4.79 Å². The molecule has 1 aliphatic carbocycles. The predicted octanol–water partition coefficient (Wildman–Crippen LogP) is 3.80. The fourth-order valence-electron chi connectivity index (χ4n) is 2.98. The molecule has 1 N–H and O–H groups in total. The van der Waals surface area contributed by atoms with Crippen LogP contribution in [0.2, 0.25) is 0 Å². The molecule has 1 aromatic carbocycles. The Labute approximate surface area is 112 Å². The fourth-order valence-corrected chi connectivity index (χ4v) is 2.98. The number of nitrogens with zero attached hydrogens (tertiary/aromatic N) is 1. The largest absolute Gasteiger partial charge is 0.360 e. The maximum absolute atomic E-state index is 12.6. The Kier molecular flexibility index (Phi) is 3.08. The van der Waals surface area contributed by atoms with Crippen LogP contribution in [0.4, 0.5) is 0 Å². The Morgan fingerprint density at radius 1 is 1.26 bits per heavy atom. The standard InChI is InChI=1S/C16H16N2O/c17-9-11-6-7-15-13(8-11)14(10-18-15)16(19)12-4-2-1-3-5-12/h6-8,10,12,18H,1-5H2. The van der Waals surface area contributed by atoms with Crippen molar-refractivity contribution in [2.75, 3.05) is 0 Å². The quantitative estimate of drug-likeness (QED) is 0.826. The fraction of sp³-hybridized carbons (Fsp3) is 0.375. The molecule has 1 aromatic heterocycles. The Hall–Kier alpha value is -2.08. The van der Waals surface area contributed by atoms with Crippen LogP contribution < -0.4 is 0 Å². The number of nitriles is 1. The second-order valence-electron chi connectivity index (χ2n) is 5.27. The van der Waals surface area contributed by atoms with Gasteiger partial charge in [-0.15, -0.1) is 0 Å². The van der Waals surface area contributed by atoms with E-state index in [4.69, 9.17) is 5.26 Å². The molecule has 3 rings (SSSR count). The average Bonchev–Trinajstić information content (AvgIpc) is 2.90. The van der Waals surface area contributed by atoms with Crippen LogP contribution in [0.3, 0.4) is 0 Å². The summed E-state index contributed by atoms with van der Waals surface area (Å²) in [4.78, 5) is 15.7. The lowest BCUT2D eigenvalue weighted by Gasteiger charge is -2.19. The molecule has 0 aliphatic heterocycles. The van der Waals surface area contributed by atoms with Gasteiger partial charge in [0.15, 0.2) is 5.78 Å². The third-order valence-corrected chi connectivity index (χ3v) is 4.05. The molecule has 3 heteroatoms. The first-order chi connectivity index (χ1) is 9.29. The second kappa shape index (κ2) is 4.89. The highest BCUT2D eigenvalue weighted by Gasteiger charge is 2.24. The number of benzene rings is 1. The Morgan fingerprint density at radius 2 is 2.05 bits per heavy atom. The minimum absolute atomic E-state index is 0.165. The number of carbonyl (C=O) groups is 1. The van der Waals surface area contributed by atoms with Crippen molar-refractivity contribution in [1.29, 1.82) is 5.26 Å². The number of Topliss-reactive ketones (excluding diaryl/α,β-unsaturated/α-hetero) is 1. The molecule has 0 radical (unpaired) electrons. The Balaban J connectivity index is 2.00. The lowest BCUT2D eigenvalue weighted by atomic mass is 9.84. The summed E-state index contributed by atoms with van der Waals surface area (Å²) in [7, 11) is 0. The topological polar surface area (TPSA) is 56.6 Å². The molecule has 0 unspecified atom stereocenters. The highest BCUT2D eigenvalue weighted by Crippen LogP contribution is 2.29. The molecule has 1 saturated carbocycles. The minimum Gasteiger partial charge on any atom is -0.360 e. The molecule has 0 amide bonds. The summed E-state index contributed by atoms with van der Waals surface area (Å²) in [6, 6.07) is 7.57. The maximum atomic E-state index is 12.6. The van der Waals surface area contributed by atoms with E-state index >= 15 is 0 Å². The van der Waals surface area contributed by atoms with Gasteiger partial charge >= 0.3 is 0 Å². The van der Waals surface area contributed by atoms with Crippen molar-refractivity contribution >= 4 is 16.7 Å². The number of carbonyl (C=O) groups excluding carboxylic acids is 1. The zero-order valence-electron chi connectivity index (χ0n) is 10.8. The highest BCUT2D eigenvalue weighted by molar-refractivity contribution is 6.09. The van der Waals surface area contributed by atoms with Gasteiger partial charge in [0.2, 0.25) is 0 Å². The number of H-pyrrole nitrogens is 1. The van der Waals surface area contributed by atoms with Gasteiger partial charge in [-0.05, 0) is 31.0 Å². The predicted molar refractivity (Wildman–Crippen MR) is 73.9 cm³/mol. The molecule has 1 heterocycles. The van der Waals surface area contributed by atoms with Gasteiger partial charge in [0, 0.05) is 28.6 Å². The third kappa shape index (κ3) is 2.15. The van der Waals surface area contributed by atoms with Crippen molar-refractivity contribution in [3.63, 3.8) is 0 Å². The smallest absolute Gasteiger partial charge is 0.168 e. The van der Waals surface area contributed by atoms with Gasteiger partial charge < -0.3 is 4.98 Å². The van der Waals surface area contributed by atoms with Gasteiger partial charge in [0.1, 0.15) is 0 Å². The van der Waals surface area contributed by atoms with Gasteiger partial charge in [-0.2, -0.15) is 5.26 Å². The van der Waals surface area contributed by atoms with E-state index in [-0.39, 0.29) is 11.7 Å². The van der Waals surface area contributed by atoms with Crippen molar-refractivity contribution in [1.82, 2.24) is 4.98 Å². The second-order valence-corrected chi connectivity index (χ2v) is 5.27. The van der Waals surface area contributed by atoms with Crippen molar-refractivity contribution in [2.45, 2.75) is 32.1 Å². The Bertz CT molecular complexity index is 657. The van der Waals surface area contributed by atoms with Crippen LogP contribution in [0.5, 0.6) is 0 Å². The molecular formula is C16H16N2O. The molecule has 0 atom stereocenters. The third-order valence-electron chi connectivity index (χ3n) is 4.05. The average molecular weight is 252 g/mol. The summed E-state index contributed by atoms with van der Waals surface area (Å²) in [6.45, 7) is 0. The molecule has 1 aliphatic rings. The van der Waals surface area contributed by atoms with Gasteiger partial charge in [-0.1, -0.05) is 19.3 Å². The number of fused-ring (bicyclic) bond motifs is 1. The van der Waals surface area contributed by atoms with Crippen LogP contribution in [-0.4, -0.2) is 10.8 Å². The van der Waals surface area contributed by atoms with E-state index < -0.39 is 0 Å². The van der Waals surface area contributed by atoms with E-state index in [1.165, 1.54) is 6.42 Å². The van der Waals surface area contributed by atoms with Crippen LogP contribution >= 0.6 is 0 Å². The number of rotatable bonds is 2. The molecule has 0 spiro atoms. The summed E-state index contributed by atoms with van der Waals surface area (Å²) in [5.41, 5.74) is 2.28. The van der Waals surface area contributed by atoms with Crippen molar-refractivity contribution < 1.29 is 4.79 Å². The van der Waals surface area contributed by atoms with E-state index in [2.05, 4.69) is 11.1 Å². The number of ketones is 1. The number of aromatic amines is 1. The normalized spacial score (nSPS) is 16.4. The molecule has 3 nitrogen and oxygen atoms in total. The number of nitrogens with one attached hydrogen (secondary N) is 1. The van der Waals surface area contributed by atoms with E-state index in [0.717, 1.165) is 42.1 Å². The monoisotopic (exact) mass is 252 g/mol. The van der Waals surface area contributed by atoms with Crippen LogP contribution in [-0.2, 0) is 0 Å². The molecule has 1 fully saturated rings. The van der Waals surface area contributed by atoms with Crippen molar-refractivity contribution in [3.05, 3.63) is 35.5 Å². The molecule has 19 heavy (non-hydrogen) atoms. The number of hydrogen-bond acceptors (Lipinski definition) is 2. The summed E-state index contributed by atoms with van der Waals surface area (Å²) >= 11 is 0. The summed E-state index contributed by atoms with van der Waals surface area (Å²) in [6.07, 6.45) is 7.36. The number of hydrogen-bond donors (Lipinski definition) is 1. The van der Waals surface area contributed by atoms with E-state index in [9.17, 15) is 4.79 Å². The first-order valence-corrected chi connectivity index (χ1v) is 6.85. The molecule has 0 bridgehead atoms. The van der Waals surface area contributed by atoms with Crippen LogP contribution in [0.1, 0.15) is 48.0 Å². The first kappa shape index (κ1) is 12.0. The lowest BCUT2D eigenvalue weighted by Crippen LogP contribution is -2.17. The summed E-state index contributed by atoms with van der Waals surface area (Å²) in [5, 5.41) is 9.85. The molecule has 96 valence electrons. The van der Waals surface area contributed by atoms with E-state index in [0.29, 0.717) is 5.56 Å². The van der Waals surface area contributed by atoms with E-state index in [1.807, 2.05) is 12.1 Å². The maximum Gasteiger partial charge on any atom is 0.168 e.